The van der Waals surface area contributed by atoms with E-state index in [0.29, 0.717) is 17.2 Å². The van der Waals surface area contributed by atoms with E-state index in [1.807, 2.05) is 26.0 Å². The molecule has 170 valence electrons. The van der Waals surface area contributed by atoms with E-state index in [9.17, 15) is 14.7 Å². The van der Waals surface area contributed by atoms with E-state index in [1.54, 1.807) is 18.2 Å². The molecule has 33 heavy (non-hydrogen) atoms. The molecule has 8 heteroatoms. The SMILES string of the molecule is COc1cc(OC)c(/C(O)=C2/C(=O)C(=O)N(c3ccc(C)cc3C)C2c2ccco2)cc1Cl. The lowest BCUT2D eigenvalue weighted by Gasteiger charge is -2.25. The number of aryl methyl sites for hydroxylation is 2. The molecule has 3 aromatic rings. The number of hydrogen-bond donors (Lipinski definition) is 1. The molecule has 1 amide bonds. The van der Waals surface area contributed by atoms with Gasteiger partial charge in [-0.3, -0.25) is 14.5 Å². The maximum Gasteiger partial charge on any atom is 0.300 e. The average molecular weight is 468 g/mol. The first-order chi connectivity index (χ1) is 15.8. The van der Waals surface area contributed by atoms with Crippen molar-refractivity contribution < 1.29 is 28.6 Å². The van der Waals surface area contributed by atoms with E-state index in [4.69, 9.17) is 25.5 Å². The van der Waals surface area contributed by atoms with Crippen molar-refractivity contribution in [1.29, 1.82) is 0 Å². The number of carbonyl (C=O) groups excluding carboxylic acids is 2. The molecule has 1 saturated heterocycles. The van der Waals surface area contributed by atoms with Crippen LogP contribution in [0.2, 0.25) is 5.02 Å². The average Bonchev–Trinajstić information content (AvgIpc) is 3.41. The van der Waals surface area contributed by atoms with Gasteiger partial charge < -0.3 is 19.0 Å². The van der Waals surface area contributed by atoms with Crippen molar-refractivity contribution >= 4 is 34.7 Å². The Kier molecular flexibility index (Phi) is 5.91. The standard InChI is InChI=1S/C25H22ClNO6/c1-13-7-8-17(14(2)10-13)27-22(18-6-5-9-33-18)21(24(29)25(27)30)23(28)15-11-16(26)20(32-4)12-19(15)31-3/h5-12,22,28H,1-4H3/b23-21-. The van der Waals surface area contributed by atoms with Gasteiger partial charge in [-0.25, -0.2) is 0 Å². The van der Waals surface area contributed by atoms with E-state index >= 15 is 0 Å². The van der Waals surface area contributed by atoms with Gasteiger partial charge in [-0.2, -0.15) is 0 Å². The number of amides is 1. The molecule has 4 rings (SSSR count). The fraction of sp³-hybridized carbons (Fsp3) is 0.200. The third-order valence-electron chi connectivity index (χ3n) is 5.60. The number of halogens is 1. The summed E-state index contributed by atoms with van der Waals surface area (Å²) >= 11 is 6.28. The molecule has 2 aromatic carbocycles. The van der Waals surface area contributed by atoms with E-state index < -0.39 is 23.5 Å². The first-order valence-corrected chi connectivity index (χ1v) is 10.5. The lowest BCUT2D eigenvalue weighted by Crippen LogP contribution is -2.30. The Balaban J connectivity index is 1.98. The summed E-state index contributed by atoms with van der Waals surface area (Å²) in [4.78, 5) is 27.8. The molecule has 1 fully saturated rings. The lowest BCUT2D eigenvalue weighted by molar-refractivity contribution is -0.132. The monoisotopic (exact) mass is 467 g/mol. The van der Waals surface area contributed by atoms with E-state index in [0.717, 1.165) is 11.1 Å². The molecule has 2 heterocycles. The van der Waals surface area contributed by atoms with Gasteiger partial charge >= 0.3 is 0 Å². The minimum absolute atomic E-state index is 0.130. The molecule has 1 unspecified atom stereocenters. The smallest absolute Gasteiger partial charge is 0.300 e. The van der Waals surface area contributed by atoms with Crippen LogP contribution in [0.1, 0.15) is 28.5 Å². The molecular formula is C25H22ClNO6. The fourth-order valence-corrected chi connectivity index (χ4v) is 4.30. The third kappa shape index (κ3) is 3.74. The Labute approximate surface area is 195 Å². The molecule has 0 spiro atoms. The first-order valence-electron chi connectivity index (χ1n) is 10.1. The van der Waals surface area contributed by atoms with Gasteiger partial charge in [-0.15, -0.1) is 0 Å². The second-order valence-electron chi connectivity index (χ2n) is 7.66. The minimum atomic E-state index is -0.980. The lowest BCUT2D eigenvalue weighted by atomic mass is 9.98. The number of ether oxygens (including phenoxy) is 2. The quantitative estimate of drug-likeness (QED) is 0.315. The molecule has 1 aliphatic rings. The van der Waals surface area contributed by atoms with Crippen LogP contribution in [-0.2, 0) is 9.59 Å². The molecule has 1 N–H and O–H groups in total. The van der Waals surface area contributed by atoms with E-state index in [-0.39, 0.29) is 21.9 Å². The number of Topliss-reactive ketones (excluding diaryl/α,β-unsaturated/α-hetero) is 1. The molecular weight excluding hydrogens is 446 g/mol. The van der Waals surface area contributed by atoms with Crippen LogP contribution in [0.25, 0.3) is 5.76 Å². The van der Waals surface area contributed by atoms with Crippen molar-refractivity contribution in [3.05, 3.63) is 81.8 Å². The summed E-state index contributed by atoms with van der Waals surface area (Å²) in [5.74, 6) is -1.16. The van der Waals surface area contributed by atoms with Gasteiger partial charge in [0, 0.05) is 11.8 Å². The molecule has 0 aliphatic carbocycles. The van der Waals surface area contributed by atoms with Gasteiger partial charge in [0.25, 0.3) is 11.7 Å². The van der Waals surface area contributed by atoms with Crippen LogP contribution < -0.4 is 14.4 Å². The van der Waals surface area contributed by atoms with Crippen LogP contribution in [0.15, 0.2) is 58.7 Å². The van der Waals surface area contributed by atoms with Gasteiger partial charge in [0.2, 0.25) is 0 Å². The Hall–Kier alpha value is -3.71. The molecule has 7 nitrogen and oxygen atoms in total. The Morgan fingerprint density at radius 2 is 1.79 bits per heavy atom. The number of rotatable bonds is 5. The second kappa shape index (κ2) is 8.67. The number of hydrogen-bond acceptors (Lipinski definition) is 6. The topological polar surface area (TPSA) is 89.2 Å². The highest BCUT2D eigenvalue weighted by atomic mass is 35.5. The summed E-state index contributed by atoms with van der Waals surface area (Å²) < 4.78 is 16.2. The highest BCUT2D eigenvalue weighted by molar-refractivity contribution is 6.51. The van der Waals surface area contributed by atoms with Crippen LogP contribution >= 0.6 is 11.6 Å². The second-order valence-corrected chi connectivity index (χ2v) is 8.07. The summed E-state index contributed by atoms with van der Waals surface area (Å²) in [6, 6.07) is 10.8. The minimum Gasteiger partial charge on any atom is -0.507 e. The number of aliphatic hydroxyl groups is 1. The Morgan fingerprint density at radius 3 is 2.39 bits per heavy atom. The van der Waals surface area contributed by atoms with Gasteiger partial charge in [0.05, 0.1) is 36.6 Å². The van der Waals surface area contributed by atoms with Crippen molar-refractivity contribution in [2.75, 3.05) is 19.1 Å². The number of nitrogens with zero attached hydrogens (tertiary/aromatic N) is 1. The zero-order valence-electron chi connectivity index (χ0n) is 18.5. The Bertz CT molecular complexity index is 1280. The number of furan rings is 1. The fourth-order valence-electron chi connectivity index (χ4n) is 4.06. The molecule has 0 saturated carbocycles. The van der Waals surface area contributed by atoms with Crippen LogP contribution in [0, 0.1) is 13.8 Å². The van der Waals surface area contributed by atoms with Crippen molar-refractivity contribution in [1.82, 2.24) is 0 Å². The zero-order chi connectivity index (χ0) is 23.9. The maximum absolute atomic E-state index is 13.2. The van der Waals surface area contributed by atoms with Crippen LogP contribution in [0.3, 0.4) is 0 Å². The number of aliphatic hydroxyl groups excluding tert-OH is 1. The maximum atomic E-state index is 13.2. The number of anilines is 1. The summed E-state index contributed by atoms with van der Waals surface area (Å²) in [7, 11) is 2.87. The highest BCUT2D eigenvalue weighted by Gasteiger charge is 2.49. The van der Waals surface area contributed by atoms with Gasteiger partial charge in [-0.1, -0.05) is 29.3 Å². The number of carbonyl (C=O) groups is 2. The van der Waals surface area contributed by atoms with Gasteiger partial charge in [0.1, 0.15) is 29.1 Å². The predicted octanol–water partition coefficient (Wildman–Crippen LogP) is 5.19. The largest absolute Gasteiger partial charge is 0.507 e. The number of benzene rings is 2. The molecule has 1 aliphatic heterocycles. The Morgan fingerprint density at radius 1 is 1.06 bits per heavy atom. The van der Waals surface area contributed by atoms with Crippen LogP contribution in [0.4, 0.5) is 5.69 Å². The van der Waals surface area contributed by atoms with Gasteiger partial charge in [0.15, 0.2) is 0 Å². The molecule has 0 radical (unpaired) electrons. The molecule has 1 atom stereocenters. The summed E-state index contributed by atoms with van der Waals surface area (Å²) in [6.07, 6.45) is 1.45. The number of methoxy groups -OCH3 is 2. The summed E-state index contributed by atoms with van der Waals surface area (Å²) in [5, 5.41) is 11.5. The van der Waals surface area contributed by atoms with Crippen molar-refractivity contribution in [2.45, 2.75) is 19.9 Å². The van der Waals surface area contributed by atoms with Gasteiger partial charge in [-0.05, 0) is 43.7 Å². The first kappa shape index (κ1) is 22.5. The van der Waals surface area contributed by atoms with Crippen molar-refractivity contribution in [2.24, 2.45) is 0 Å². The third-order valence-corrected chi connectivity index (χ3v) is 5.89. The van der Waals surface area contributed by atoms with Crippen LogP contribution in [-0.4, -0.2) is 31.0 Å². The highest BCUT2D eigenvalue weighted by Crippen LogP contribution is 2.45. The van der Waals surface area contributed by atoms with Crippen molar-refractivity contribution in [3.8, 4) is 11.5 Å². The van der Waals surface area contributed by atoms with Crippen molar-refractivity contribution in [3.63, 3.8) is 0 Å². The van der Waals surface area contributed by atoms with Crippen LogP contribution in [0.5, 0.6) is 11.5 Å². The molecule has 1 aromatic heterocycles. The zero-order valence-corrected chi connectivity index (χ0v) is 19.3. The number of ketones is 1. The summed E-state index contributed by atoms with van der Waals surface area (Å²) in [5.41, 5.74) is 2.38. The molecule has 0 bridgehead atoms. The summed E-state index contributed by atoms with van der Waals surface area (Å²) in [6.45, 7) is 3.79. The van der Waals surface area contributed by atoms with E-state index in [2.05, 4.69) is 0 Å². The normalized spacial score (nSPS) is 17.5. The predicted molar refractivity (Wildman–Crippen MR) is 124 cm³/mol. The van der Waals surface area contributed by atoms with E-state index in [1.165, 1.54) is 37.5 Å².